The van der Waals surface area contributed by atoms with Crippen LogP contribution in [0, 0.1) is 18.3 Å². The first-order valence-electron chi connectivity index (χ1n) is 6.38. The first kappa shape index (κ1) is 13.5. The van der Waals surface area contributed by atoms with E-state index in [2.05, 4.69) is 21.5 Å². The van der Waals surface area contributed by atoms with Crippen molar-refractivity contribution in [3.8, 4) is 6.07 Å². The van der Waals surface area contributed by atoms with Crippen molar-refractivity contribution in [2.75, 3.05) is 11.6 Å². The van der Waals surface area contributed by atoms with E-state index in [0.717, 1.165) is 27.7 Å². The molecule has 1 aromatic carbocycles. The fourth-order valence-corrected chi connectivity index (χ4v) is 2.74. The molecule has 0 saturated heterocycles. The first-order chi connectivity index (χ1) is 10.2. The van der Waals surface area contributed by atoms with E-state index in [9.17, 15) is 0 Å². The number of rotatable bonds is 3. The normalized spacial score (nSPS) is 10.5. The number of thioether (sulfide) groups is 1. The highest BCUT2D eigenvalue weighted by Crippen LogP contribution is 2.28. The van der Waals surface area contributed by atoms with E-state index < -0.39 is 0 Å². The zero-order valence-corrected chi connectivity index (χ0v) is 12.5. The summed E-state index contributed by atoms with van der Waals surface area (Å²) in [5.74, 6) is 0.865. The Labute approximate surface area is 126 Å². The zero-order valence-electron chi connectivity index (χ0n) is 11.7. The Morgan fingerprint density at radius 1 is 1.33 bits per heavy atom. The van der Waals surface area contributed by atoms with Gasteiger partial charge >= 0.3 is 0 Å². The highest BCUT2D eigenvalue weighted by molar-refractivity contribution is 7.98. The van der Waals surface area contributed by atoms with Gasteiger partial charge in [0.2, 0.25) is 0 Å². The topological polar surface area (TPSA) is 66.0 Å². The summed E-state index contributed by atoms with van der Waals surface area (Å²) in [4.78, 5) is 4.56. The van der Waals surface area contributed by atoms with Gasteiger partial charge in [0.15, 0.2) is 5.65 Å². The molecule has 104 valence electrons. The van der Waals surface area contributed by atoms with Gasteiger partial charge in [-0.25, -0.2) is 4.98 Å². The molecule has 0 aliphatic heterocycles. The molecule has 1 N–H and O–H groups in total. The first-order valence-corrected chi connectivity index (χ1v) is 7.61. The number of nitrogens with zero attached hydrogens (tertiary/aromatic N) is 4. The van der Waals surface area contributed by atoms with Gasteiger partial charge in [-0.05, 0) is 31.4 Å². The molecular formula is C15H13N5S. The Hall–Kier alpha value is -2.52. The lowest BCUT2D eigenvalue weighted by atomic mass is 10.2. The third kappa shape index (κ3) is 2.43. The van der Waals surface area contributed by atoms with Gasteiger partial charge in [-0.1, -0.05) is 6.07 Å². The molecule has 3 aromatic rings. The third-order valence-corrected chi connectivity index (χ3v) is 3.96. The second-order valence-electron chi connectivity index (χ2n) is 4.51. The van der Waals surface area contributed by atoms with E-state index in [1.807, 2.05) is 37.4 Å². The Balaban J connectivity index is 2.13. The molecule has 0 atom stereocenters. The van der Waals surface area contributed by atoms with E-state index in [1.54, 1.807) is 28.5 Å². The zero-order chi connectivity index (χ0) is 14.8. The Bertz CT molecular complexity index is 847. The van der Waals surface area contributed by atoms with Crippen molar-refractivity contribution >= 4 is 28.9 Å². The molecule has 0 amide bonds. The minimum absolute atomic E-state index is 0.619. The number of fused-ring (bicyclic) bond motifs is 1. The average molecular weight is 295 g/mol. The van der Waals surface area contributed by atoms with Gasteiger partial charge in [-0.15, -0.1) is 11.8 Å². The molecule has 0 fully saturated rings. The summed E-state index contributed by atoms with van der Waals surface area (Å²) < 4.78 is 1.77. The molecule has 2 heterocycles. The van der Waals surface area contributed by atoms with Crippen LogP contribution in [-0.2, 0) is 0 Å². The van der Waals surface area contributed by atoms with Gasteiger partial charge in [0.1, 0.15) is 10.8 Å². The van der Waals surface area contributed by atoms with Gasteiger partial charge in [-0.2, -0.15) is 14.9 Å². The molecule has 0 saturated carbocycles. The molecule has 0 aliphatic carbocycles. The number of benzene rings is 1. The second-order valence-corrected chi connectivity index (χ2v) is 5.31. The third-order valence-electron chi connectivity index (χ3n) is 3.17. The average Bonchev–Trinajstić information content (AvgIpc) is 2.98. The van der Waals surface area contributed by atoms with Gasteiger partial charge in [0.25, 0.3) is 0 Å². The largest absolute Gasteiger partial charge is 0.340 e. The summed E-state index contributed by atoms with van der Waals surface area (Å²) in [6.45, 7) is 2.01. The standard InChI is InChI=1S/C15H13N5S/c1-10-14(18-12-5-3-4-11(8-12)9-16)20-13(6-7-17-20)19-15(10)21-2/h3-8,18H,1-2H3. The van der Waals surface area contributed by atoms with Crippen LogP contribution in [0.4, 0.5) is 11.5 Å². The Morgan fingerprint density at radius 2 is 2.19 bits per heavy atom. The molecule has 6 heteroatoms. The number of hydrogen-bond donors (Lipinski definition) is 1. The predicted molar refractivity (Wildman–Crippen MR) is 83.9 cm³/mol. The monoisotopic (exact) mass is 295 g/mol. The number of nitrogens with one attached hydrogen (secondary N) is 1. The van der Waals surface area contributed by atoms with Gasteiger partial charge in [0, 0.05) is 17.3 Å². The molecule has 0 aliphatic rings. The Morgan fingerprint density at radius 3 is 2.95 bits per heavy atom. The minimum Gasteiger partial charge on any atom is -0.340 e. The number of aromatic nitrogens is 3. The highest BCUT2D eigenvalue weighted by Gasteiger charge is 2.12. The van der Waals surface area contributed by atoms with Crippen molar-refractivity contribution < 1.29 is 0 Å². The molecule has 0 bridgehead atoms. The van der Waals surface area contributed by atoms with E-state index in [-0.39, 0.29) is 0 Å². The lowest BCUT2D eigenvalue weighted by Crippen LogP contribution is -2.05. The van der Waals surface area contributed by atoms with Crippen molar-refractivity contribution in [3.05, 3.63) is 47.7 Å². The van der Waals surface area contributed by atoms with Crippen LogP contribution < -0.4 is 5.32 Å². The quantitative estimate of drug-likeness (QED) is 0.592. The summed E-state index contributed by atoms with van der Waals surface area (Å²) >= 11 is 1.60. The van der Waals surface area contributed by atoms with Crippen LogP contribution in [0.5, 0.6) is 0 Å². The summed E-state index contributed by atoms with van der Waals surface area (Å²) in [5.41, 5.74) is 3.30. The fourth-order valence-electron chi connectivity index (χ4n) is 2.15. The number of anilines is 2. The van der Waals surface area contributed by atoms with Crippen LogP contribution in [0.2, 0.25) is 0 Å². The maximum absolute atomic E-state index is 8.99. The van der Waals surface area contributed by atoms with Crippen molar-refractivity contribution in [1.29, 1.82) is 5.26 Å². The van der Waals surface area contributed by atoms with E-state index in [1.165, 1.54) is 0 Å². The molecule has 3 rings (SSSR count). The summed E-state index contributed by atoms with van der Waals surface area (Å²) in [7, 11) is 0. The van der Waals surface area contributed by atoms with E-state index in [0.29, 0.717) is 5.56 Å². The van der Waals surface area contributed by atoms with E-state index >= 15 is 0 Å². The van der Waals surface area contributed by atoms with Gasteiger partial charge in [0.05, 0.1) is 17.8 Å². The number of hydrogen-bond acceptors (Lipinski definition) is 5. The van der Waals surface area contributed by atoms with Crippen LogP contribution in [-0.4, -0.2) is 20.9 Å². The molecule has 0 radical (unpaired) electrons. The molecule has 0 spiro atoms. The maximum Gasteiger partial charge on any atom is 0.158 e. The van der Waals surface area contributed by atoms with Crippen LogP contribution in [0.1, 0.15) is 11.1 Å². The fraction of sp³-hybridized carbons (Fsp3) is 0.133. The molecule has 0 unspecified atom stereocenters. The summed E-state index contributed by atoms with van der Waals surface area (Å²) in [6, 6.07) is 11.4. The smallest absolute Gasteiger partial charge is 0.158 e. The van der Waals surface area contributed by atoms with Crippen molar-refractivity contribution in [2.45, 2.75) is 11.9 Å². The summed E-state index contributed by atoms with van der Waals surface area (Å²) in [6.07, 6.45) is 3.73. The molecule has 5 nitrogen and oxygen atoms in total. The van der Waals surface area contributed by atoms with E-state index in [4.69, 9.17) is 5.26 Å². The van der Waals surface area contributed by atoms with Crippen molar-refractivity contribution in [2.24, 2.45) is 0 Å². The van der Waals surface area contributed by atoms with Crippen LogP contribution in [0.25, 0.3) is 5.65 Å². The lowest BCUT2D eigenvalue weighted by molar-refractivity contribution is 0.906. The second kappa shape index (κ2) is 5.46. The molecule has 2 aromatic heterocycles. The van der Waals surface area contributed by atoms with Crippen LogP contribution in [0.3, 0.4) is 0 Å². The highest BCUT2D eigenvalue weighted by atomic mass is 32.2. The van der Waals surface area contributed by atoms with Crippen molar-refractivity contribution in [1.82, 2.24) is 14.6 Å². The van der Waals surface area contributed by atoms with Gasteiger partial charge < -0.3 is 5.32 Å². The predicted octanol–water partition coefficient (Wildman–Crippen LogP) is 3.37. The molecule has 21 heavy (non-hydrogen) atoms. The summed E-state index contributed by atoms with van der Waals surface area (Å²) in [5, 5.41) is 17.6. The Kier molecular flexibility index (Phi) is 3.50. The lowest BCUT2D eigenvalue weighted by Gasteiger charge is -2.13. The van der Waals surface area contributed by atoms with Crippen molar-refractivity contribution in [3.63, 3.8) is 0 Å². The van der Waals surface area contributed by atoms with Crippen LogP contribution in [0.15, 0.2) is 41.6 Å². The van der Waals surface area contributed by atoms with Gasteiger partial charge in [-0.3, -0.25) is 0 Å². The number of nitriles is 1. The van der Waals surface area contributed by atoms with Crippen LogP contribution >= 0.6 is 11.8 Å². The maximum atomic E-state index is 8.99. The molecular weight excluding hydrogens is 282 g/mol. The minimum atomic E-state index is 0.619. The SMILES string of the molecule is CSc1nc2ccnn2c(Nc2cccc(C#N)c2)c1C.